The van der Waals surface area contributed by atoms with Gasteiger partial charge in [0.15, 0.2) is 0 Å². The van der Waals surface area contributed by atoms with E-state index in [1.54, 1.807) is 31.5 Å². The Morgan fingerprint density at radius 1 is 1.22 bits per heavy atom. The van der Waals surface area contributed by atoms with E-state index in [1.165, 1.54) is 11.9 Å². The third-order valence-electron chi connectivity index (χ3n) is 6.66. The van der Waals surface area contributed by atoms with Crippen molar-refractivity contribution in [2.75, 3.05) is 36.7 Å². The first kappa shape index (κ1) is 26.8. The molecule has 4 atom stereocenters. The maximum atomic E-state index is 13.4. The summed E-state index contributed by atoms with van der Waals surface area (Å²) in [5.74, 6) is 0.294. The van der Waals surface area contributed by atoms with Crippen LogP contribution in [0, 0.1) is 11.8 Å². The molecule has 0 amide bonds. The van der Waals surface area contributed by atoms with E-state index in [9.17, 15) is 18.3 Å². The van der Waals surface area contributed by atoms with E-state index in [0.29, 0.717) is 26.8 Å². The minimum atomic E-state index is -4.56. The van der Waals surface area contributed by atoms with Crippen LogP contribution in [0.5, 0.6) is 11.6 Å². The van der Waals surface area contributed by atoms with Crippen molar-refractivity contribution in [2.24, 2.45) is 16.9 Å². The molecule has 2 aliphatic rings. The normalized spacial score (nSPS) is 24.6. The number of ether oxygens (including phenoxy) is 2. The van der Waals surface area contributed by atoms with Gasteiger partial charge in [-0.1, -0.05) is 25.4 Å². The van der Waals surface area contributed by atoms with Crippen LogP contribution in [0.15, 0.2) is 40.0 Å². The summed E-state index contributed by atoms with van der Waals surface area (Å²) in [6.07, 6.45) is -2.30. The van der Waals surface area contributed by atoms with Gasteiger partial charge in [-0.2, -0.15) is 18.3 Å². The Bertz CT molecular complexity index is 1140. The van der Waals surface area contributed by atoms with Crippen LogP contribution in [-0.4, -0.2) is 60.9 Å². The average molecular weight is 592 g/mol. The summed E-state index contributed by atoms with van der Waals surface area (Å²) in [5.41, 5.74) is 0.385. The van der Waals surface area contributed by atoms with Gasteiger partial charge in [0.25, 0.3) is 0 Å². The predicted molar refractivity (Wildman–Crippen MR) is 136 cm³/mol. The largest absolute Gasteiger partial charge is 0.490 e. The molecule has 1 fully saturated rings. The Morgan fingerprint density at radius 3 is 2.58 bits per heavy atom. The number of anilines is 2. The lowest BCUT2D eigenvalue weighted by Crippen LogP contribution is -2.44. The van der Waals surface area contributed by atoms with E-state index < -0.39 is 30.5 Å². The summed E-state index contributed by atoms with van der Waals surface area (Å²) < 4.78 is 52.1. The number of aromatic nitrogens is 1. The number of methoxy groups -OCH3 is 1. The van der Waals surface area contributed by atoms with E-state index in [4.69, 9.17) is 21.1 Å². The van der Waals surface area contributed by atoms with E-state index in [1.807, 2.05) is 6.07 Å². The van der Waals surface area contributed by atoms with Gasteiger partial charge in [0.2, 0.25) is 5.88 Å². The van der Waals surface area contributed by atoms with Crippen LogP contribution in [0.2, 0.25) is 5.02 Å². The van der Waals surface area contributed by atoms with E-state index in [-0.39, 0.29) is 12.0 Å². The van der Waals surface area contributed by atoms with E-state index in [2.05, 4.69) is 37.8 Å². The summed E-state index contributed by atoms with van der Waals surface area (Å²) in [5, 5.41) is 15.3. The summed E-state index contributed by atoms with van der Waals surface area (Å²) in [6.45, 7) is 4.49. The van der Waals surface area contributed by atoms with Gasteiger partial charge in [0.1, 0.15) is 17.6 Å². The van der Waals surface area contributed by atoms with Crippen molar-refractivity contribution >= 4 is 44.6 Å². The summed E-state index contributed by atoms with van der Waals surface area (Å²) in [7, 11) is 1.56. The standard InChI is InChI=1S/C24H27BrClF3N4O3/c1-13-11-32(19-9-22(35-3)30-10-17(19)26)7-6-21(13)36-15-4-5-18(16(25)8-15)33-20(12-34)14(2)23(31-33)24(27,28)29/h4-5,8-10,13-14,20-21,34H,6-7,11-12H2,1-3H3/t13-,14+,20?,21-/m1/s1. The Labute approximate surface area is 221 Å². The smallest absolute Gasteiger partial charge is 0.431 e. The number of aliphatic hydroxyl groups excluding tert-OH is 1. The number of aliphatic hydroxyl groups is 1. The molecule has 0 aliphatic carbocycles. The van der Waals surface area contributed by atoms with E-state index in [0.717, 1.165) is 25.2 Å². The molecule has 2 aromatic rings. The van der Waals surface area contributed by atoms with Gasteiger partial charge in [-0.25, -0.2) is 4.98 Å². The maximum absolute atomic E-state index is 13.4. The monoisotopic (exact) mass is 590 g/mol. The van der Waals surface area contributed by atoms with Crippen LogP contribution in [0.3, 0.4) is 0 Å². The number of alkyl halides is 3. The highest BCUT2D eigenvalue weighted by Crippen LogP contribution is 2.40. The third-order valence-corrected chi connectivity index (χ3v) is 7.58. The molecule has 36 heavy (non-hydrogen) atoms. The average Bonchev–Trinajstić information content (AvgIpc) is 3.17. The quantitative estimate of drug-likeness (QED) is 0.476. The second-order valence-corrected chi connectivity index (χ2v) is 10.3. The molecule has 4 rings (SSSR count). The summed E-state index contributed by atoms with van der Waals surface area (Å²) >= 11 is 9.81. The molecular formula is C24H27BrClF3N4O3. The minimum Gasteiger partial charge on any atom is -0.490 e. The fourth-order valence-electron chi connectivity index (χ4n) is 4.66. The number of hydrogen-bond donors (Lipinski definition) is 1. The zero-order valence-corrected chi connectivity index (χ0v) is 22.3. The fourth-order valence-corrected chi connectivity index (χ4v) is 5.42. The van der Waals surface area contributed by atoms with Gasteiger partial charge in [-0.05, 0) is 34.1 Å². The van der Waals surface area contributed by atoms with Crippen molar-refractivity contribution in [3.05, 3.63) is 40.0 Å². The maximum Gasteiger partial charge on any atom is 0.431 e. The Hall–Kier alpha value is -2.24. The molecule has 1 N–H and O–H groups in total. The number of rotatable bonds is 6. The molecule has 3 heterocycles. The minimum absolute atomic E-state index is 0.0617. The molecule has 1 unspecified atom stereocenters. The van der Waals surface area contributed by atoms with Crippen molar-refractivity contribution in [2.45, 2.75) is 38.6 Å². The van der Waals surface area contributed by atoms with E-state index >= 15 is 0 Å². The number of hydrogen-bond acceptors (Lipinski definition) is 7. The molecule has 0 bridgehead atoms. The highest BCUT2D eigenvalue weighted by molar-refractivity contribution is 9.10. The second kappa shape index (κ2) is 10.6. The van der Waals surface area contributed by atoms with Gasteiger partial charge in [0, 0.05) is 41.9 Å². The van der Waals surface area contributed by atoms with Crippen LogP contribution in [0.25, 0.3) is 0 Å². The lowest BCUT2D eigenvalue weighted by molar-refractivity contribution is -0.0621. The predicted octanol–water partition coefficient (Wildman–Crippen LogP) is 5.54. The molecular weight excluding hydrogens is 565 g/mol. The number of hydrazone groups is 1. The SMILES string of the molecule is COc1cc(N2CC[C@@H](Oc3ccc(N4N=C(C(F)(F)F)[C@@H](C)C4CO)c(Br)c3)[C@H](C)C2)c(Cl)cn1. The van der Waals surface area contributed by atoms with Gasteiger partial charge in [0.05, 0.1) is 42.4 Å². The van der Waals surface area contributed by atoms with Gasteiger partial charge < -0.3 is 19.5 Å². The molecule has 7 nitrogen and oxygen atoms in total. The highest BCUT2D eigenvalue weighted by Gasteiger charge is 2.48. The summed E-state index contributed by atoms with van der Waals surface area (Å²) in [4.78, 5) is 6.30. The molecule has 196 valence electrons. The number of pyridine rings is 1. The fraction of sp³-hybridized carbons (Fsp3) is 0.500. The van der Waals surface area contributed by atoms with Crippen LogP contribution >= 0.6 is 27.5 Å². The molecule has 2 aliphatic heterocycles. The summed E-state index contributed by atoms with van der Waals surface area (Å²) in [6, 6.07) is 6.09. The van der Waals surface area contributed by atoms with Crippen molar-refractivity contribution < 1.29 is 27.8 Å². The Balaban J connectivity index is 1.46. The van der Waals surface area contributed by atoms with Crippen LogP contribution in [0.1, 0.15) is 20.3 Å². The zero-order chi connectivity index (χ0) is 26.2. The molecule has 0 saturated carbocycles. The van der Waals surface area contributed by atoms with Gasteiger partial charge >= 0.3 is 6.18 Å². The van der Waals surface area contributed by atoms with Crippen LogP contribution in [0.4, 0.5) is 24.5 Å². The lowest BCUT2D eigenvalue weighted by Gasteiger charge is -2.38. The van der Waals surface area contributed by atoms with Gasteiger partial charge in [-0.15, -0.1) is 0 Å². The Morgan fingerprint density at radius 2 is 1.97 bits per heavy atom. The number of piperidine rings is 1. The van der Waals surface area contributed by atoms with Gasteiger partial charge in [-0.3, -0.25) is 5.01 Å². The number of halogens is 5. The molecule has 12 heteroatoms. The first-order chi connectivity index (χ1) is 17.0. The third kappa shape index (κ3) is 5.38. The highest BCUT2D eigenvalue weighted by atomic mass is 79.9. The van der Waals surface area contributed by atoms with Crippen molar-refractivity contribution in [3.63, 3.8) is 0 Å². The molecule has 1 aromatic heterocycles. The van der Waals surface area contributed by atoms with Crippen molar-refractivity contribution in [1.29, 1.82) is 0 Å². The van der Waals surface area contributed by atoms with Crippen LogP contribution < -0.4 is 19.4 Å². The van der Waals surface area contributed by atoms with Crippen LogP contribution in [-0.2, 0) is 0 Å². The second-order valence-electron chi connectivity index (χ2n) is 9.03. The van der Waals surface area contributed by atoms with Crippen molar-refractivity contribution in [3.8, 4) is 11.6 Å². The topological polar surface area (TPSA) is 70.4 Å². The molecule has 0 spiro atoms. The first-order valence-electron chi connectivity index (χ1n) is 11.5. The first-order valence-corrected chi connectivity index (χ1v) is 12.7. The lowest BCUT2D eigenvalue weighted by atomic mass is 9.96. The Kier molecular flexibility index (Phi) is 7.92. The number of benzene rings is 1. The van der Waals surface area contributed by atoms with Crippen molar-refractivity contribution in [1.82, 2.24) is 4.98 Å². The molecule has 1 saturated heterocycles. The zero-order valence-electron chi connectivity index (χ0n) is 20.0. The number of nitrogens with zero attached hydrogens (tertiary/aromatic N) is 4. The molecule has 1 aromatic carbocycles. The molecule has 0 radical (unpaired) electrons.